The minimum atomic E-state index is -0.0505. The minimum Gasteiger partial charge on any atom is -0.353 e. The Bertz CT molecular complexity index is 447. The van der Waals surface area contributed by atoms with E-state index in [4.69, 9.17) is 0 Å². The number of nitrogens with one attached hydrogen (secondary N) is 1. The lowest BCUT2D eigenvalue weighted by Gasteiger charge is -2.10. The summed E-state index contributed by atoms with van der Waals surface area (Å²) >= 11 is 0. The third-order valence-corrected chi connectivity index (χ3v) is 2.80. The van der Waals surface area contributed by atoms with E-state index in [1.54, 1.807) is 0 Å². The summed E-state index contributed by atoms with van der Waals surface area (Å²) in [6, 6.07) is 0. The zero-order chi connectivity index (χ0) is 14.8. The molecule has 3 heteroatoms. The summed E-state index contributed by atoms with van der Waals surface area (Å²) in [5.74, 6) is 0. The molecule has 1 rings (SSSR count). The predicted octanol–water partition coefficient (Wildman–Crippen LogP) is 4.07. The highest BCUT2D eigenvalue weighted by atomic mass is 14.9. The first-order valence-electron chi connectivity index (χ1n) is 6.79. The maximum atomic E-state index is 4.55. The Kier molecular flexibility index (Phi) is 4.39. The lowest BCUT2D eigenvalue weighted by atomic mass is 10.1. The van der Waals surface area contributed by atoms with Crippen LogP contribution in [0, 0.1) is 13.8 Å². The lowest BCUT2D eigenvalue weighted by molar-refractivity contribution is 0.586. The molecule has 0 atom stereocenters. The molecule has 0 saturated carbocycles. The molecule has 0 aliphatic heterocycles. The number of H-pyrrole nitrogens is 1. The number of aromatic amines is 1. The topological polar surface area (TPSA) is 40.5 Å². The quantitative estimate of drug-likeness (QED) is 0.780. The summed E-state index contributed by atoms with van der Waals surface area (Å²) < 4.78 is 0. The van der Waals surface area contributed by atoms with E-state index < -0.39 is 0 Å². The lowest BCUT2D eigenvalue weighted by Crippen LogP contribution is -2.10. The minimum absolute atomic E-state index is 0.0505. The molecule has 0 saturated heterocycles. The van der Waals surface area contributed by atoms with E-state index in [-0.39, 0.29) is 11.1 Å². The molecular weight excluding hydrogens is 234 g/mol. The summed E-state index contributed by atoms with van der Waals surface area (Å²) in [7, 11) is 0. The molecule has 19 heavy (non-hydrogen) atoms. The molecule has 0 spiro atoms. The zero-order valence-electron chi connectivity index (χ0n) is 13.5. The van der Waals surface area contributed by atoms with Gasteiger partial charge in [0.2, 0.25) is 0 Å². The summed E-state index contributed by atoms with van der Waals surface area (Å²) in [4.78, 5) is 12.5. The van der Waals surface area contributed by atoms with Crippen LogP contribution in [0.2, 0.25) is 0 Å². The number of hydrogen-bond acceptors (Lipinski definition) is 2. The first-order valence-corrected chi connectivity index (χ1v) is 6.79. The van der Waals surface area contributed by atoms with Gasteiger partial charge in [-0.1, -0.05) is 0 Å². The van der Waals surface area contributed by atoms with Crippen molar-refractivity contribution in [2.45, 2.75) is 66.5 Å². The van der Waals surface area contributed by atoms with Gasteiger partial charge in [-0.3, -0.25) is 9.98 Å². The van der Waals surface area contributed by atoms with Crippen molar-refractivity contribution in [3.63, 3.8) is 0 Å². The van der Waals surface area contributed by atoms with Crippen molar-refractivity contribution in [2.75, 3.05) is 0 Å². The van der Waals surface area contributed by atoms with E-state index in [2.05, 4.69) is 70.4 Å². The van der Waals surface area contributed by atoms with Crippen LogP contribution >= 0.6 is 0 Å². The summed E-state index contributed by atoms with van der Waals surface area (Å²) in [5, 5.41) is 0. The second-order valence-electron chi connectivity index (χ2n) is 7.06. The fraction of sp³-hybridized carbons (Fsp3) is 0.625. The average molecular weight is 261 g/mol. The molecule has 0 bridgehead atoms. The van der Waals surface area contributed by atoms with E-state index in [1.807, 2.05) is 12.4 Å². The van der Waals surface area contributed by atoms with Crippen molar-refractivity contribution in [1.82, 2.24) is 4.98 Å². The first-order chi connectivity index (χ1) is 8.49. The van der Waals surface area contributed by atoms with Crippen molar-refractivity contribution in [3.8, 4) is 0 Å². The van der Waals surface area contributed by atoms with Crippen LogP contribution in [0.1, 0.15) is 64.1 Å². The summed E-state index contributed by atoms with van der Waals surface area (Å²) in [6.07, 6.45) is 3.85. The molecule has 0 amide bonds. The normalized spacial score (nSPS) is 13.9. The van der Waals surface area contributed by atoms with E-state index in [0.717, 1.165) is 11.4 Å². The standard InChI is InChI=1S/C16H27N3/c1-11-12(2)14(10-18-16(6,7)8)19-13(11)9-17-15(3,4)5/h9-10,19H,1-8H3. The molecule has 3 nitrogen and oxygen atoms in total. The van der Waals surface area contributed by atoms with Gasteiger partial charge in [0.05, 0.1) is 22.5 Å². The van der Waals surface area contributed by atoms with E-state index in [9.17, 15) is 0 Å². The third-order valence-electron chi connectivity index (χ3n) is 2.80. The monoisotopic (exact) mass is 261 g/mol. The number of hydrogen-bond donors (Lipinski definition) is 1. The average Bonchev–Trinajstić information content (AvgIpc) is 2.49. The Morgan fingerprint density at radius 1 is 0.737 bits per heavy atom. The van der Waals surface area contributed by atoms with Crippen LogP contribution in [0.4, 0.5) is 0 Å². The summed E-state index contributed by atoms with van der Waals surface area (Å²) in [6.45, 7) is 16.8. The van der Waals surface area contributed by atoms with Crippen LogP contribution in [0.3, 0.4) is 0 Å². The van der Waals surface area contributed by atoms with Gasteiger partial charge >= 0.3 is 0 Å². The Labute approximate surface area is 117 Å². The molecule has 106 valence electrons. The van der Waals surface area contributed by atoms with Crippen molar-refractivity contribution in [2.24, 2.45) is 9.98 Å². The Hall–Kier alpha value is -1.38. The Morgan fingerprint density at radius 3 is 1.32 bits per heavy atom. The van der Waals surface area contributed by atoms with Crippen LogP contribution < -0.4 is 0 Å². The van der Waals surface area contributed by atoms with Crippen LogP contribution in [-0.2, 0) is 0 Å². The number of nitrogens with zero attached hydrogens (tertiary/aromatic N) is 2. The molecule has 1 aromatic heterocycles. The third kappa shape index (κ3) is 5.01. The van der Waals surface area contributed by atoms with Gasteiger partial charge in [-0.25, -0.2) is 0 Å². The van der Waals surface area contributed by atoms with Gasteiger partial charge < -0.3 is 4.98 Å². The van der Waals surface area contributed by atoms with Crippen LogP contribution in [-0.4, -0.2) is 28.5 Å². The maximum Gasteiger partial charge on any atom is 0.0599 e. The fourth-order valence-electron chi connectivity index (χ4n) is 1.51. The molecule has 1 N–H and O–H groups in total. The van der Waals surface area contributed by atoms with E-state index in [1.165, 1.54) is 11.1 Å². The van der Waals surface area contributed by atoms with Gasteiger partial charge in [-0.05, 0) is 66.5 Å². The van der Waals surface area contributed by atoms with Crippen molar-refractivity contribution in [1.29, 1.82) is 0 Å². The van der Waals surface area contributed by atoms with Crippen LogP contribution in [0.5, 0.6) is 0 Å². The van der Waals surface area contributed by atoms with Crippen molar-refractivity contribution in [3.05, 3.63) is 22.5 Å². The van der Waals surface area contributed by atoms with Gasteiger partial charge in [0.1, 0.15) is 0 Å². The molecular formula is C16H27N3. The van der Waals surface area contributed by atoms with Crippen molar-refractivity contribution < 1.29 is 0 Å². The maximum absolute atomic E-state index is 4.55. The smallest absolute Gasteiger partial charge is 0.0599 e. The van der Waals surface area contributed by atoms with Gasteiger partial charge in [0.25, 0.3) is 0 Å². The largest absolute Gasteiger partial charge is 0.353 e. The molecule has 0 radical (unpaired) electrons. The van der Waals surface area contributed by atoms with Crippen LogP contribution in [0.25, 0.3) is 0 Å². The SMILES string of the molecule is Cc1c(C=NC(C)(C)C)[nH]c(C=NC(C)(C)C)c1C. The second-order valence-corrected chi connectivity index (χ2v) is 7.06. The Balaban J connectivity index is 3.06. The second kappa shape index (κ2) is 5.32. The van der Waals surface area contributed by atoms with Gasteiger partial charge in [0, 0.05) is 12.4 Å². The molecule has 0 aliphatic carbocycles. The number of rotatable bonds is 2. The molecule has 1 heterocycles. The van der Waals surface area contributed by atoms with E-state index in [0.29, 0.717) is 0 Å². The summed E-state index contributed by atoms with van der Waals surface area (Å²) in [5.41, 5.74) is 4.52. The Morgan fingerprint density at radius 2 is 1.05 bits per heavy atom. The van der Waals surface area contributed by atoms with Gasteiger partial charge in [-0.15, -0.1) is 0 Å². The highest BCUT2D eigenvalue weighted by molar-refractivity contribution is 5.87. The first kappa shape index (κ1) is 15.7. The highest BCUT2D eigenvalue weighted by Crippen LogP contribution is 2.17. The molecule has 0 unspecified atom stereocenters. The zero-order valence-corrected chi connectivity index (χ0v) is 13.5. The predicted molar refractivity (Wildman–Crippen MR) is 85.0 cm³/mol. The molecule has 1 aromatic rings. The van der Waals surface area contributed by atoms with Gasteiger partial charge in [0.15, 0.2) is 0 Å². The molecule has 0 aliphatic rings. The fourth-order valence-corrected chi connectivity index (χ4v) is 1.51. The van der Waals surface area contributed by atoms with Crippen molar-refractivity contribution >= 4 is 12.4 Å². The van der Waals surface area contributed by atoms with Crippen LogP contribution in [0.15, 0.2) is 9.98 Å². The van der Waals surface area contributed by atoms with E-state index >= 15 is 0 Å². The highest BCUT2D eigenvalue weighted by Gasteiger charge is 2.11. The number of aliphatic imine (C=N–C) groups is 2. The van der Waals surface area contributed by atoms with Gasteiger partial charge in [-0.2, -0.15) is 0 Å². The molecule has 0 aromatic carbocycles. The molecule has 0 fully saturated rings. The number of aromatic nitrogens is 1.